The topological polar surface area (TPSA) is 42.4 Å². The summed E-state index contributed by atoms with van der Waals surface area (Å²) in [6, 6.07) is 12.4. The number of likely N-dealkylation sites (tertiary alicyclic amines) is 1. The van der Waals surface area contributed by atoms with Crippen LogP contribution in [0.5, 0.6) is 0 Å². The molecule has 0 radical (unpaired) electrons. The van der Waals surface area contributed by atoms with Crippen LogP contribution < -0.4 is 0 Å². The molecular formula is C20H24N2O2. The van der Waals surface area contributed by atoms with Crippen LogP contribution in [0.1, 0.15) is 45.2 Å². The van der Waals surface area contributed by atoms with Gasteiger partial charge in [-0.15, -0.1) is 0 Å². The molecule has 24 heavy (non-hydrogen) atoms. The van der Waals surface area contributed by atoms with Crippen molar-refractivity contribution in [2.24, 2.45) is 0 Å². The summed E-state index contributed by atoms with van der Waals surface area (Å²) in [7, 11) is 0. The number of benzene rings is 1. The zero-order chi connectivity index (χ0) is 17.2. The van der Waals surface area contributed by atoms with Gasteiger partial charge in [0.1, 0.15) is 5.60 Å². The van der Waals surface area contributed by atoms with Crippen molar-refractivity contribution in [3.63, 3.8) is 0 Å². The second kappa shape index (κ2) is 6.63. The van der Waals surface area contributed by atoms with Crippen molar-refractivity contribution in [1.82, 2.24) is 9.88 Å². The van der Waals surface area contributed by atoms with E-state index in [2.05, 4.69) is 17.1 Å². The fourth-order valence-electron chi connectivity index (χ4n) is 3.21. The molecule has 1 aromatic carbocycles. The Hall–Kier alpha value is -2.36. The summed E-state index contributed by atoms with van der Waals surface area (Å²) in [5.41, 5.74) is 2.97. The van der Waals surface area contributed by atoms with Crippen LogP contribution in [0.25, 0.3) is 11.1 Å². The van der Waals surface area contributed by atoms with Crippen LogP contribution in [-0.4, -0.2) is 28.1 Å². The zero-order valence-electron chi connectivity index (χ0n) is 14.5. The average Bonchev–Trinajstić information content (AvgIpc) is 3.04. The molecule has 0 aliphatic carbocycles. The molecule has 1 aromatic heterocycles. The van der Waals surface area contributed by atoms with E-state index in [4.69, 9.17) is 4.74 Å². The molecule has 0 unspecified atom stereocenters. The predicted octanol–water partition coefficient (Wildman–Crippen LogP) is 4.82. The molecular weight excluding hydrogens is 300 g/mol. The quantitative estimate of drug-likeness (QED) is 0.795. The first-order chi connectivity index (χ1) is 11.5. The Morgan fingerprint density at radius 1 is 1.17 bits per heavy atom. The normalized spacial score (nSPS) is 17.8. The van der Waals surface area contributed by atoms with Crippen molar-refractivity contribution in [2.75, 3.05) is 6.54 Å². The van der Waals surface area contributed by atoms with Gasteiger partial charge in [0.25, 0.3) is 0 Å². The number of ether oxygens (including phenoxy) is 1. The summed E-state index contributed by atoms with van der Waals surface area (Å²) < 4.78 is 5.60. The SMILES string of the molecule is CC(C)(C)OC(=O)N1CCC[C@H]1c1ccccc1-c1ccncc1. The smallest absolute Gasteiger partial charge is 0.410 e. The summed E-state index contributed by atoms with van der Waals surface area (Å²) in [5.74, 6) is 0. The molecule has 2 aromatic rings. The predicted molar refractivity (Wildman–Crippen MR) is 94.6 cm³/mol. The van der Waals surface area contributed by atoms with Gasteiger partial charge in [0, 0.05) is 18.9 Å². The lowest BCUT2D eigenvalue weighted by Gasteiger charge is -2.29. The highest BCUT2D eigenvalue weighted by Gasteiger charge is 2.34. The number of aromatic nitrogens is 1. The lowest BCUT2D eigenvalue weighted by Crippen LogP contribution is -2.36. The number of rotatable bonds is 2. The number of carbonyl (C=O) groups is 1. The number of carbonyl (C=O) groups excluding carboxylic acids is 1. The summed E-state index contributed by atoms with van der Waals surface area (Å²) in [6.45, 7) is 6.45. The number of hydrogen-bond acceptors (Lipinski definition) is 3. The zero-order valence-corrected chi connectivity index (χ0v) is 14.5. The highest BCUT2D eigenvalue weighted by Crippen LogP contribution is 2.38. The van der Waals surface area contributed by atoms with Crippen LogP contribution in [0, 0.1) is 0 Å². The highest BCUT2D eigenvalue weighted by atomic mass is 16.6. The molecule has 0 saturated carbocycles. The lowest BCUT2D eigenvalue weighted by atomic mass is 9.94. The molecule has 4 heteroatoms. The molecule has 0 N–H and O–H groups in total. The lowest BCUT2D eigenvalue weighted by molar-refractivity contribution is 0.0225. The highest BCUT2D eigenvalue weighted by molar-refractivity contribution is 5.72. The van der Waals surface area contributed by atoms with Gasteiger partial charge in [-0.1, -0.05) is 24.3 Å². The van der Waals surface area contributed by atoms with Gasteiger partial charge in [-0.05, 0) is 62.4 Å². The van der Waals surface area contributed by atoms with Crippen molar-refractivity contribution >= 4 is 6.09 Å². The Balaban J connectivity index is 1.92. The fourth-order valence-corrected chi connectivity index (χ4v) is 3.21. The maximum Gasteiger partial charge on any atom is 0.410 e. The molecule has 1 atom stereocenters. The van der Waals surface area contributed by atoms with Crippen molar-refractivity contribution in [2.45, 2.75) is 45.3 Å². The van der Waals surface area contributed by atoms with E-state index in [0.717, 1.165) is 30.5 Å². The third-order valence-electron chi connectivity index (χ3n) is 4.19. The first-order valence-corrected chi connectivity index (χ1v) is 8.45. The molecule has 2 heterocycles. The minimum Gasteiger partial charge on any atom is -0.444 e. The second-order valence-corrected chi connectivity index (χ2v) is 7.15. The van der Waals surface area contributed by atoms with Crippen LogP contribution in [0.4, 0.5) is 4.79 Å². The van der Waals surface area contributed by atoms with Gasteiger partial charge in [0.05, 0.1) is 6.04 Å². The third-order valence-corrected chi connectivity index (χ3v) is 4.19. The van der Waals surface area contributed by atoms with Gasteiger partial charge in [-0.2, -0.15) is 0 Å². The Labute approximate surface area is 143 Å². The molecule has 4 nitrogen and oxygen atoms in total. The summed E-state index contributed by atoms with van der Waals surface area (Å²) in [4.78, 5) is 18.5. The molecule has 1 amide bonds. The second-order valence-electron chi connectivity index (χ2n) is 7.15. The Morgan fingerprint density at radius 2 is 1.88 bits per heavy atom. The number of pyridine rings is 1. The fraction of sp³-hybridized carbons (Fsp3) is 0.400. The van der Waals surface area contributed by atoms with Crippen LogP contribution in [0.3, 0.4) is 0 Å². The van der Waals surface area contributed by atoms with E-state index in [1.165, 1.54) is 5.56 Å². The first kappa shape index (κ1) is 16.5. The Morgan fingerprint density at radius 3 is 2.58 bits per heavy atom. The Bertz CT molecular complexity index is 707. The van der Waals surface area contributed by atoms with Crippen molar-refractivity contribution in [1.29, 1.82) is 0 Å². The van der Waals surface area contributed by atoms with Crippen molar-refractivity contribution in [3.05, 3.63) is 54.4 Å². The number of nitrogens with zero attached hydrogens (tertiary/aromatic N) is 2. The monoisotopic (exact) mass is 324 g/mol. The van der Waals surface area contributed by atoms with E-state index >= 15 is 0 Å². The van der Waals surface area contributed by atoms with E-state index in [1.807, 2.05) is 49.9 Å². The van der Waals surface area contributed by atoms with E-state index < -0.39 is 5.60 Å². The van der Waals surface area contributed by atoms with Gasteiger partial charge in [-0.25, -0.2) is 4.79 Å². The summed E-state index contributed by atoms with van der Waals surface area (Å²) in [6.07, 6.45) is 5.32. The molecule has 3 rings (SSSR count). The van der Waals surface area contributed by atoms with Gasteiger partial charge < -0.3 is 9.64 Å². The molecule has 0 bridgehead atoms. The summed E-state index contributed by atoms with van der Waals surface area (Å²) >= 11 is 0. The van der Waals surface area contributed by atoms with E-state index in [1.54, 1.807) is 12.4 Å². The molecule has 126 valence electrons. The standard InChI is InChI=1S/C20H24N2O2/c1-20(2,3)24-19(23)22-14-6-9-18(22)17-8-5-4-7-16(17)15-10-12-21-13-11-15/h4-5,7-8,10-13,18H,6,9,14H2,1-3H3/t18-/m0/s1. The molecule has 1 saturated heterocycles. The van der Waals surface area contributed by atoms with E-state index in [-0.39, 0.29) is 12.1 Å². The first-order valence-electron chi connectivity index (χ1n) is 8.45. The molecule has 1 aliphatic rings. The van der Waals surface area contributed by atoms with Crippen LogP contribution in [0.15, 0.2) is 48.8 Å². The third kappa shape index (κ3) is 3.58. The molecule has 1 fully saturated rings. The van der Waals surface area contributed by atoms with Crippen LogP contribution >= 0.6 is 0 Å². The van der Waals surface area contributed by atoms with Crippen molar-refractivity contribution < 1.29 is 9.53 Å². The summed E-state index contributed by atoms with van der Waals surface area (Å²) in [5, 5.41) is 0. The molecule has 0 spiro atoms. The van der Waals surface area contributed by atoms with E-state index in [9.17, 15) is 4.79 Å². The number of amides is 1. The number of hydrogen-bond donors (Lipinski definition) is 0. The minimum absolute atomic E-state index is 0.0595. The van der Waals surface area contributed by atoms with Gasteiger partial charge in [0.2, 0.25) is 0 Å². The average molecular weight is 324 g/mol. The largest absolute Gasteiger partial charge is 0.444 e. The van der Waals surface area contributed by atoms with Crippen LogP contribution in [0.2, 0.25) is 0 Å². The van der Waals surface area contributed by atoms with Crippen LogP contribution in [-0.2, 0) is 4.74 Å². The van der Waals surface area contributed by atoms with Crippen molar-refractivity contribution in [3.8, 4) is 11.1 Å². The molecule has 1 aliphatic heterocycles. The van der Waals surface area contributed by atoms with Gasteiger partial charge in [-0.3, -0.25) is 4.98 Å². The minimum atomic E-state index is -0.477. The van der Waals surface area contributed by atoms with Gasteiger partial charge >= 0.3 is 6.09 Å². The van der Waals surface area contributed by atoms with E-state index in [0.29, 0.717) is 0 Å². The van der Waals surface area contributed by atoms with Gasteiger partial charge in [0.15, 0.2) is 0 Å². The maximum absolute atomic E-state index is 12.6. The maximum atomic E-state index is 12.6. The Kier molecular flexibility index (Phi) is 4.56.